The van der Waals surface area contributed by atoms with Gasteiger partial charge >= 0.3 is 12.0 Å². The van der Waals surface area contributed by atoms with E-state index in [-0.39, 0.29) is 18.7 Å². The lowest BCUT2D eigenvalue weighted by Crippen LogP contribution is -2.39. The summed E-state index contributed by atoms with van der Waals surface area (Å²) in [7, 11) is 3.86. The smallest absolute Gasteiger partial charge is 0.338 e. The van der Waals surface area contributed by atoms with Crippen molar-refractivity contribution in [2.45, 2.75) is 26.4 Å². The Kier molecular flexibility index (Phi) is 8.22. The van der Waals surface area contributed by atoms with Gasteiger partial charge < -0.3 is 25.6 Å². The maximum absolute atomic E-state index is 12.1. The van der Waals surface area contributed by atoms with Crippen LogP contribution in [-0.4, -0.2) is 44.7 Å². The van der Waals surface area contributed by atoms with Gasteiger partial charge in [-0.05, 0) is 55.8 Å². The summed E-state index contributed by atoms with van der Waals surface area (Å²) in [5.74, 6) is -1.01. The third kappa shape index (κ3) is 7.46. The van der Waals surface area contributed by atoms with Gasteiger partial charge in [-0.2, -0.15) is 0 Å². The second-order valence-electron chi connectivity index (χ2n) is 7.24. The molecule has 3 N–H and O–H groups in total. The zero-order valence-corrected chi connectivity index (χ0v) is 17.7. The topological polar surface area (TPSA) is 99.8 Å². The molecule has 0 aromatic heterocycles. The lowest BCUT2D eigenvalue weighted by Gasteiger charge is -2.13. The molecule has 2 aromatic rings. The summed E-state index contributed by atoms with van der Waals surface area (Å²) in [5.41, 5.74) is 2.80. The first-order chi connectivity index (χ1) is 14.2. The fourth-order valence-electron chi connectivity index (χ4n) is 2.51. The molecule has 0 unspecified atom stereocenters. The first-order valence-corrected chi connectivity index (χ1v) is 9.62. The first-order valence-electron chi connectivity index (χ1n) is 9.62. The van der Waals surface area contributed by atoms with E-state index in [1.807, 2.05) is 45.0 Å². The van der Waals surface area contributed by atoms with E-state index in [0.717, 1.165) is 11.3 Å². The summed E-state index contributed by atoms with van der Waals surface area (Å²) in [6.45, 7) is 3.71. The van der Waals surface area contributed by atoms with Crippen LogP contribution >= 0.6 is 0 Å². The number of esters is 1. The van der Waals surface area contributed by atoms with E-state index in [0.29, 0.717) is 17.8 Å². The molecule has 0 radical (unpaired) electrons. The summed E-state index contributed by atoms with van der Waals surface area (Å²) in [6, 6.07) is 13.8. The molecular formula is C22H28N4O4. The van der Waals surface area contributed by atoms with Gasteiger partial charge in [-0.3, -0.25) is 4.79 Å². The van der Waals surface area contributed by atoms with Crippen LogP contribution < -0.4 is 20.9 Å². The predicted octanol–water partition coefficient (Wildman–Crippen LogP) is 2.76. The number of urea groups is 1. The third-order valence-corrected chi connectivity index (χ3v) is 4.06. The standard InChI is InChI=1S/C22H28N4O4/c1-15(2)24-22(29)23-13-16-5-7-17(8-6-16)21(28)30-14-20(27)25-18-9-11-19(12-10-18)26(3)4/h5-12,15H,13-14H2,1-4H3,(H,25,27)(H2,23,24,29). The summed E-state index contributed by atoms with van der Waals surface area (Å²) < 4.78 is 5.07. The van der Waals surface area contributed by atoms with Crippen molar-refractivity contribution < 1.29 is 19.1 Å². The molecular weight excluding hydrogens is 384 g/mol. The fraction of sp³-hybridized carbons (Fsp3) is 0.318. The molecule has 8 heteroatoms. The highest BCUT2D eigenvalue weighted by Crippen LogP contribution is 2.15. The number of carbonyl (C=O) groups excluding carboxylic acids is 3. The van der Waals surface area contributed by atoms with Crippen LogP contribution in [0.15, 0.2) is 48.5 Å². The lowest BCUT2D eigenvalue weighted by molar-refractivity contribution is -0.119. The number of ether oxygens (including phenoxy) is 1. The Balaban J connectivity index is 1.78. The van der Waals surface area contributed by atoms with Crippen LogP contribution in [0.3, 0.4) is 0 Å². The molecule has 8 nitrogen and oxygen atoms in total. The number of nitrogens with one attached hydrogen (secondary N) is 3. The third-order valence-electron chi connectivity index (χ3n) is 4.06. The molecule has 30 heavy (non-hydrogen) atoms. The summed E-state index contributed by atoms with van der Waals surface area (Å²) in [4.78, 5) is 37.7. The van der Waals surface area contributed by atoms with Gasteiger partial charge in [0.1, 0.15) is 0 Å². The molecule has 0 atom stereocenters. The zero-order valence-electron chi connectivity index (χ0n) is 17.7. The molecule has 2 rings (SSSR count). The van der Waals surface area contributed by atoms with Crippen LogP contribution in [-0.2, 0) is 16.1 Å². The monoisotopic (exact) mass is 412 g/mol. The van der Waals surface area contributed by atoms with E-state index in [9.17, 15) is 14.4 Å². The summed E-state index contributed by atoms with van der Waals surface area (Å²) in [6.07, 6.45) is 0. The average molecular weight is 412 g/mol. The fourth-order valence-corrected chi connectivity index (χ4v) is 2.51. The molecule has 0 fully saturated rings. The van der Waals surface area contributed by atoms with Gasteiger partial charge in [0.15, 0.2) is 6.61 Å². The number of hydrogen-bond donors (Lipinski definition) is 3. The Labute approximate surface area is 176 Å². The SMILES string of the molecule is CC(C)NC(=O)NCc1ccc(C(=O)OCC(=O)Nc2ccc(N(C)C)cc2)cc1. The molecule has 0 spiro atoms. The summed E-state index contributed by atoms with van der Waals surface area (Å²) >= 11 is 0. The molecule has 0 heterocycles. The maximum Gasteiger partial charge on any atom is 0.338 e. The molecule has 2 aromatic carbocycles. The molecule has 0 bridgehead atoms. The minimum Gasteiger partial charge on any atom is -0.452 e. The van der Waals surface area contributed by atoms with Crippen LogP contribution in [0.25, 0.3) is 0 Å². The van der Waals surface area contributed by atoms with Crippen molar-refractivity contribution >= 4 is 29.3 Å². The number of rotatable bonds is 8. The van der Waals surface area contributed by atoms with Gasteiger partial charge in [-0.1, -0.05) is 12.1 Å². The Hall–Kier alpha value is -3.55. The highest BCUT2D eigenvalue weighted by atomic mass is 16.5. The average Bonchev–Trinajstić information content (AvgIpc) is 2.71. The molecule has 0 aliphatic heterocycles. The van der Waals surface area contributed by atoms with Crippen molar-refractivity contribution in [3.8, 4) is 0 Å². The Morgan fingerprint density at radius 2 is 1.60 bits per heavy atom. The number of hydrogen-bond acceptors (Lipinski definition) is 5. The van der Waals surface area contributed by atoms with Crippen molar-refractivity contribution in [2.75, 3.05) is 30.9 Å². The maximum atomic E-state index is 12.1. The van der Waals surface area contributed by atoms with Gasteiger partial charge in [0.25, 0.3) is 5.91 Å². The van der Waals surface area contributed by atoms with Crippen LogP contribution in [0.1, 0.15) is 29.8 Å². The molecule has 0 aliphatic carbocycles. The van der Waals surface area contributed by atoms with Crippen LogP contribution in [0.4, 0.5) is 16.2 Å². The van der Waals surface area contributed by atoms with Gasteiger partial charge in [-0.25, -0.2) is 9.59 Å². The number of anilines is 2. The molecule has 160 valence electrons. The van der Waals surface area contributed by atoms with Gasteiger partial charge in [-0.15, -0.1) is 0 Å². The van der Waals surface area contributed by atoms with Crippen molar-refractivity contribution in [1.29, 1.82) is 0 Å². The van der Waals surface area contributed by atoms with Gasteiger partial charge in [0, 0.05) is 38.1 Å². The van der Waals surface area contributed by atoms with E-state index >= 15 is 0 Å². The molecule has 3 amide bonds. The van der Waals surface area contributed by atoms with Gasteiger partial charge in [0.2, 0.25) is 0 Å². The highest BCUT2D eigenvalue weighted by molar-refractivity contribution is 5.95. The largest absolute Gasteiger partial charge is 0.452 e. The Morgan fingerprint density at radius 1 is 0.967 bits per heavy atom. The van der Waals surface area contributed by atoms with Crippen LogP contribution in [0.2, 0.25) is 0 Å². The van der Waals surface area contributed by atoms with Crippen molar-refractivity contribution in [3.63, 3.8) is 0 Å². The first kappa shape index (κ1) is 22.7. The van der Waals surface area contributed by atoms with Crippen LogP contribution in [0.5, 0.6) is 0 Å². The van der Waals surface area contributed by atoms with E-state index in [1.165, 1.54) is 0 Å². The Bertz CT molecular complexity index is 862. The van der Waals surface area contributed by atoms with Crippen molar-refractivity contribution in [2.24, 2.45) is 0 Å². The predicted molar refractivity (Wildman–Crippen MR) is 117 cm³/mol. The minimum absolute atomic E-state index is 0.0525. The number of nitrogens with zero attached hydrogens (tertiary/aromatic N) is 1. The van der Waals surface area contributed by atoms with E-state index in [1.54, 1.807) is 36.4 Å². The number of benzene rings is 2. The molecule has 0 saturated heterocycles. The highest BCUT2D eigenvalue weighted by Gasteiger charge is 2.11. The molecule has 0 saturated carbocycles. The number of carbonyl (C=O) groups is 3. The number of amides is 3. The quantitative estimate of drug-likeness (QED) is 0.579. The summed E-state index contributed by atoms with van der Waals surface area (Å²) in [5, 5.41) is 8.14. The minimum atomic E-state index is -0.592. The van der Waals surface area contributed by atoms with Crippen LogP contribution in [0, 0.1) is 0 Å². The molecule has 0 aliphatic rings. The second kappa shape index (κ2) is 10.8. The normalized spacial score (nSPS) is 10.3. The Morgan fingerprint density at radius 3 is 2.17 bits per heavy atom. The van der Waals surface area contributed by atoms with Gasteiger partial charge in [0.05, 0.1) is 5.56 Å². The lowest BCUT2D eigenvalue weighted by atomic mass is 10.1. The van der Waals surface area contributed by atoms with Crippen molar-refractivity contribution in [1.82, 2.24) is 10.6 Å². The van der Waals surface area contributed by atoms with E-state index in [4.69, 9.17) is 4.74 Å². The van der Waals surface area contributed by atoms with E-state index < -0.39 is 11.9 Å². The van der Waals surface area contributed by atoms with E-state index in [2.05, 4.69) is 16.0 Å². The van der Waals surface area contributed by atoms with Crippen molar-refractivity contribution in [3.05, 3.63) is 59.7 Å². The second-order valence-corrected chi connectivity index (χ2v) is 7.24. The zero-order chi connectivity index (χ0) is 22.1.